The Kier molecular flexibility index (Phi) is 5.36. The molecule has 0 saturated carbocycles. The van der Waals surface area contributed by atoms with Crippen molar-refractivity contribution in [2.24, 2.45) is 16.9 Å². The van der Waals surface area contributed by atoms with Crippen LogP contribution in [0.4, 0.5) is 0 Å². The highest BCUT2D eigenvalue weighted by molar-refractivity contribution is 6.30. The third-order valence-electron chi connectivity index (χ3n) is 5.24. The Morgan fingerprint density at radius 1 is 1.34 bits per heavy atom. The second-order valence-corrected chi connectivity index (χ2v) is 7.22. The highest BCUT2D eigenvalue weighted by atomic mass is 35.5. The van der Waals surface area contributed by atoms with Crippen molar-refractivity contribution < 1.29 is 19.1 Å². The van der Waals surface area contributed by atoms with E-state index >= 15 is 0 Å². The van der Waals surface area contributed by atoms with Gasteiger partial charge < -0.3 is 21.1 Å². The van der Waals surface area contributed by atoms with Crippen LogP contribution in [-0.2, 0) is 19.1 Å². The van der Waals surface area contributed by atoms with Crippen molar-refractivity contribution in [3.05, 3.63) is 58.8 Å². The first-order chi connectivity index (χ1) is 13.8. The third-order valence-corrected chi connectivity index (χ3v) is 5.48. The number of halogens is 1. The molecule has 8 nitrogen and oxygen atoms in total. The fourth-order valence-corrected chi connectivity index (χ4v) is 4.30. The normalized spacial score (nSPS) is 27.6. The second-order valence-electron chi connectivity index (χ2n) is 6.78. The molecule has 1 aromatic rings. The van der Waals surface area contributed by atoms with Crippen LogP contribution in [-0.4, -0.2) is 41.4 Å². The molecule has 1 fully saturated rings. The lowest BCUT2D eigenvalue weighted by atomic mass is 9.68. The van der Waals surface area contributed by atoms with Crippen molar-refractivity contribution in [2.75, 3.05) is 6.61 Å². The zero-order valence-corrected chi connectivity index (χ0v) is 16.3. The lowest BCUT2D eigenvalue weighted by Crippen LogP contribution is -2.45. The van der Waals surface area contributed by atoms with Crippen LogP contribution in [0.5, 0.6) is 0 Å². The van der Waals surface area contributed by atoms with Crippen LogP contribution in [0, 0.1) is 16.7 Å². The summed E-state index contributed by atoms with van der Waals surface area (Å²) >= 11 is 6.13. The molecule has 4 atom stereocenters. The lowest BCUT2D eigenvalue weighted by Gasteiger charge is -2.32. The molecule has 2 heterocycles. The minimum atomic E-state index is -1.80. The van der Waals surface area contributed by atoms with E-state index in [0.717, 1.165) is 0 Å². The number of rotatable bonds is 5. The predicted octanol–water partition coefficient (Wildman–Crippen LogP) is 0.974. The number of fused-ring (bicyclic) bond motifs is 1. The SMILES string of the molecule is CCOC(=O)[C@]1(C#N)[C@H](c2cccc(Cl)c2)[C@@H](C(N)=O)N2C=C(C(N)=O)C=C[C@H]21. The van der Waals surface area contributed by atoms with Gasteiger partial charge in [0.1, 0.15) is 6.04 Å². The van der Waals surface area contributed by atoms with Crippen LogP contribution in [0.1, 0.15) is 18.4 Å². The van der Waals surface area contributed by atoms with Crippen LogP contribution in [0.25, 0.3) is 0 Å². The van der Waals surface area contributed by atoms with Crippen molar-refractivity contribution in [1.82, 2.24) is 4.90 Å². The molecule has 3 rings (SSSR count). The number of benzene rings is 1. The molecule has 150 valence electrons. The minimum absolute atomic E-state index is 0.0462. The van der Waals surface area contributed by atoms with Gasteiger partial charge in [0.25, 0.3) is 0 Å². The summed E-state index contributed by atoms with van der Waals surface area (Å²) in [5.41, 5.74) is 9.87. The van der Waals surface area contributed by atoms with Crippen LogP contribution in [0.2, 0.25) is 5.02 Å². The quantitative estimate of drug-likeness (QED) is 0.688. The van der Waals surface area contributed by atoms with E-state index in [0.29, 0.717) is 10.6 Å². The number of nitrogens with two attached hydrogens (primary N) is 2. The zero-order chi connectivity index (χ0) is 21.3. The van der Waals surface area contributed by atoms with E-state index in [4.69, 9.17) is 27.8 Å². The third kappa shape index (κ3) is 3.13. The van der Waals surface area contributed by atoms with Crippen molar-refractivity contribution in [2.45, 2.75) is 24.9 Å². The van der Waals surface area contributed by atoms with Gasteiger partial charge in [0.2, 0.25) is 11.8 Å². The van der Waals surface area contributed by atoms with Gasteiger partial charge in [0.15, 0.2) is 5.41 Å². The summed E-state index contributed by atoms with van der Waals surface area (Å²) < 4.78 is 5.23. The summed E-state index contributed by atoms with van der Waals surface area (Å²) in [6, 6.07) is 6.62. The summed E-state index contributed by atoms with van der Waals surface area (Å²) in [5, 5.41) is 10.6. The summed E-state index contributed by atoms with van der Waals surface area (Å²) in [4.78, 5) is 38.7. The maximum atomic E-state index is 13.1. The van der Waals surface area contributed by atoms with Crippen molar-refractivity contribution in [1.29, 1.82) is 5.26 Å². The van der Waals surface area contributed by atoms with Crippen molar-refractivity contribution >= 4 is 29.4 Å². The summed E-state index contributed by atoms with van der Waals surface area (Å²) in [7, 11) is 0. The molecule has 29 heavy (non-hydrogen) atoms. The molecule has 9 heteroatoms. The molecular formula is C20H19ClN4O4. The fourth-order valence-electron chi connectivity index (χ4n) is 4.11. The molecule has 1 saturated heterocycles. The molecule has 0 bridgehead atoms. The number of hydrogen-bond acceptors (Lipinski definition) is 6. The highest BCUT2D eigenvalue weighted by Crippen LogP contribution is 2.53. The largest absolute Gasteiger partial charge is 0.465 e. The van der Waals surface area contributed by atoms with Crippen molar-refractivity contribution in [3.63, 3.8) is 0 Å². The molecule has 0 spiro atoms. The van der Waals surface area contributed by atoms with Crippen LogP contribution < -0.4 is 11.5 Å². The number of carbonyl (C=O) groups is 3. The number of nitrogens with zero attached hydrogens (tertiary/aromatic N) is 2. The first kappa shape index (κ1) is 20.4. The maximum Gasteiger partial charge on any atom is 0.329 e. The Hall–Kier alpha value is -3.31. The topological polar surface area (TPSA) is 140 Å². The van der Waals surface area contributed by atoms with Gasteiger partial charge in [0, 0.05) is 17.1 Å². The maximum absolute atomic E-state index is 13.1. The van der Waals surface area contributed by atoms with Crippen LogP contribution in [0.3, 0.4) is 0 Å². The number of ether oxygens (including phenoxy) is 1. The van der Waals surface area contributed by atoms with Gasteiger partial charge in [-0.3, -0.25) is 14.4 Å². The average Bonchev–Trinajstić information content (AvgIpc) is 2.99. The first-order valence-electron chi connectivity index (χ1n) is 8.88. The Morgan fingerprint density at radius 2 is 2.07 bits per heavy atom. The molecule has 2 aliphatic rings. The van der Waals surface area contributed by atoms with E-state index in [1.807, 2.05) is 0 Å². The number of amides is 2. The van der Waals surface area contributed by atoms with Gasteiger partial charge in [0.05, 0.1) is 24.3 Å². The van der Waals surface area contributed by atoms with Crippen molar-refractivity contribution in [3.8, 4) is 6.07 Å². The van der Waals surface area contributed by atoms with E-state index in [9.17, 15) is 19.6 Å². The standard InChI is InChI=1S/C20H19ClN4O4/c1-2-29-19(28)20(10-22)14-7-6-12(17(23)26)9-25(14)16(18(24)27)15(20)11-4-3-5-13(21)8-11/h3-9,14-16H,2H2,1H3,(H2,23,26)(H2,24,27)/t14-,15+,16-,20-/m0/s1. The van der Waals surface area contributed by atoms with E-state index in [1.54, 1.807) is 31.2 Å². The average molecular weight is 415 g/mol. The van der Waals surface area contributed by atoms with Gasteiger partial charge in [-0.05, 0) is 30.7 Å². The number of primary amides is 2. The zero-order valence-electron chi connectivity index (χ0n) is 15.5. The molecular weight excluding hydrogens is 396 g/mol. The fraction of sp³-hybridized carbons (Fsp3) is 0.300. The molecule has 0 unspecified atom stereocenters. The number of hydrogen-bond donors (Lipinski definition) is 2. The van der Waals surface area contributed by atoms with Gasteiger partial charge in [-0.15, -0.1) is 0 Å². The van der Waals surface area contributed by atoms with E-state index < -0.39 is 41.2 Å². The second kappa shape index (κ2) is 7.60. The number of carbonyl (C=O) groups excluding carboxylic acids is 3. The summed E-state index contributed by atoms with van der Waals surface area (Å²) in [6.45, 7) is 1.67. The Bertz CT molecular complexity index is 983. The Balaban J connectivity index is 2.30. The van der Waals surface area contributed by atoms with Crippen LogP contribution in [0.15, 0.2) is 48.2 Å². The minimum Gasteiger partial charge on any atom is -0.465 e. The lowest BCUT2D eigenvalue weighted by molar-refractivity contribution is -0.153. The molecule has 4 N–H and O–H groups in total. The molecule has 0 radical (unpaired) electrons. The smallest absolute Gasteiger partial charge is 0.329 e. The molecule has 0 aliphatic carbocycles. The van der Waals surface area contributed by atoms with Gasteiger partial charge in [-0.25, -0.2) is 0 Å². The number of esters is 1. The van der Waals surface area contributed by atoms with E-state index in [-0.39, 0.29) is 12.2 Å². The van der Waals surface area contributed by atoms with E-state index in [1.165, 1.54) is 23.3 Å². The predicted molar refractivity (Wildman–Crippen MR) is 104 cm³/mol. The molecule has 0 aromatic heterocycles. The Labute approximate surface area is 172 Å². The summed E-state index contributed by atoms with van der Waals surface area (Å²) in [5.74, 6) is -3.25. The van der Waals surface area contributed by atoms with Gasteiger partial charge >= 0.3 is 5.97 Å². The van der Waals surface area contributed by atoms with E-state index in [2.05, 4.69) is 6.07 Å². The molecule has 2 aliphatic heterocycles. The van der Waals surface area contributed by atoms with Gasteiger partial charge in [-0.1, -0.05) is 29.8 Å². The van der Waals surface area contributed by atoms with Crippen LogP contribution >= 0.6 is 11.6 Å². The first-order valence-corrected chi connectivity index (χ1v) is 9.26. The van der Waals surface area contributed by atoms with Gasteiger partial charge in [-0.2, -0.15) is 5.26 Å². The monoisotopic (exact) mass is 414 g/mol. The summed E-state index contributed by atoms with van der Waals surface area (Å²) in [6.07, 6.45) is 4.28. The Morgan fingerprint density at radius 3 is 2.62 bits per heavy atom. The molecule has 1 aromatic carbocycles. The molecule has 2 amide bonds. The number of nitriles is 1. The highest BCUT2D eigenvalue weighted by Gasteiger charge is 2.66.